The van der Waals surface area contributed by atoms with Gasteiger partial charge in [-0.05, 0) is 63.7 Å². The van der Waals surface area contributed by atoms with Crippen molar-refractivity contribution in [2.75, 3.05) is 18.6 Å². The van der Waals surface area contributed by atoms with Crippen LogP contribution in [-0.2, 0) is 20.9 Å². The van der Waals surface area contributed by atoms with Gasteiger partial charge in [0.2, 0.25) is 11.8 Å². The van der Waals surface area contributed by atoms with Gasteiger partial charge in [0.1, 0.15) is 17.7 Å². The zero-order chi connectivity index (χ0) is 28.8. The van der Waals surface area contributed by atoms with Crippen LogP contribution in [0.1, 0.15) is 76.1 Å². The first-order valence-electron chi connectivity index (χ1n) is 13.7. The molecule has 0 radical (unpaired) electrons. The number of aryl methyl sites for hydroxylation is 1. The highest BCUT2D eigenvalue weighted by molar-refractivity contribution is 7.98. The molecular formula is C31H45N3O4S. The Morgan fingerprint density at radius 3 is 2.26 bits per heavy atom. The highest BCUT2D eigenvalue weighted by Gasteiger charge is 2.35. The van der Waals surface area contributed by atoms with Crippen molar-refractivity contribution in [3.05, 3.63) is 71.3 Å². The molecule has 0 aromatic heterocycles. The van der Waals surface area contributed by atoms with E-state index in [2.05, 4.69) is 17.6 Å². The number of carbonyl (C=O) groups is 3. The molecule has 0 spiro atoms. The van der Waals surface area contributed by atoms with Crippen LogP contribution in [0.25, 0.3) is 0 Å². The van der Waals surface area contributed by atoms with Gasteiger partial charge in [-0.2, -0.15) is 11.8 Å². The highest BCUT2D eigenvalue weighted by atomic mass is 32.2. The minimum atomic E-state index is -0.837. The number of benzene rings is 2. The number of nitrogens with one attached hydrogen (secondary N) is 2. The zero-order valence-electron chi connectivity index (χ0n) is 24.3. The first-order chi connectivity index (χ1) is 18.6. The summed E-state index contributed by atoms with van der Waals surface area (Å²) in [5.41, 5.74) is 2.08. The first-order valence-corrected chi connectivity index (χ1v) is 15.1. The normalized spacial score (nSPS) is 12.8. The first kappa shape index (κ1) is 32.2. The van der Waals surface area contributed by atoms with Crippen LogP contribution in [0.3, 0.4) is 0 Å². The molecule has 0 aliphatic carbocycles. The maximum absolute atomic E-state index is 14.2. The Morgan fingerprint density at radius 1 is 1.00 bits per heavy atom. The van der Waals surface area contributed by atoms with Crippen molar-refractivity contribution in [3.63, 3.8) is 0 Å². The maximum Gasteiger partial charge on any atom is 0.408 e. The minimum absolute atomic E-state index is 0.256. The lowest BCUT2D eigenvalue weighted by Crippen LogP contribution is -2.53. The van der Waals surface area contributed by atoms with Crippen molar-refractivity contribution in [2.24, 2.45) is 0 Å². The summed E-state index contributed by atoms with van der Waals surface area (Å²) in [5.74, 6) is 0.129. The third-order valence-corrected chi connectivity index (χ3v) is 6.79. The highest BCUT2D eigenvalue weighted by Crippen LogP contribution is 2.25. The SMILES string of the molecule is CCCCCN(C(=O)C(CCSC)NC(=O)OC(C)(C)C)C(C(=O)NCc1ccccc1)c1ccc(C)cc1. The number of amides is 3. The lowest BCUT2D eigenvalue weighted by atomic mass is 10.0. The van der Waals surface area contributed by atoms with Crippen LogP contribution in [0.2, 0.25) is 0 Å². The van der Waals surface area contributed by atoms with E-state index in [1.165, 1.54) is 0 Å². The van der Waals surface area contributed by atoms with Crippen LogP contribution in [0.5, 0.6) is 0 Å². The Morgan fingerprint density at radius 2 is 1.67 bits per heavy atom. The quantitative estimate of drug-likeness (QED) is 0.279. The number of ether oxygens (including phenoxy) is 1. The van der Waals surface area contributed by atoms with E-state index in [9.17, 15) is 14.4 Å². The fourth-order valence-corrected chi connectivity index (χ4v) is 4.62. The molecule has 0 heterocycles. The Labute approximate surface area is 238 Å². The van der Waals surface area contributed by atoms with E-state index in [1.54, 1.807) is 37.4 Å². The van der Waals surface area contributed by atoms with E-state index in [0.29, 0.717) is 25.3 Å². The van der Waals surface area contributed by atoms with Gasteiger partial charge in [-0.3, -0.25) is 9.59 Å². The van der Waals surface area contributed by atoms with Crippen LogP contribution in [0.15, 0.2) is 54.6 Å². The van der Waals surface area contributed by atoms with E-state index in [0.717, 1.165) is 36.0 Å². The molecule has 2 atom stereocenters. The Hall–Kier alpha value is -3.00. The molecule has 0 bridgehead atoms. The van der Waals surface area contributed by atoms with Gasteiger partial charge in [0.15, 0.2) is 0 Å². The fourth-order valence-electron chi connectivity index (χ4n) is 4.15. The summed E-state index contributed by atoms with van der Waals surface area (Å²) in [6, 6.07) is 15.7. The average Bonchev–Trinajstić information content (AvgIpc) is 2.89. The van der Waals surface area contributed by atoms with Crippen LogP contribution >= 0.6 is 11.8 Å². The molecule has 0 aliphatic heterocycles. The van der Waals surface area contributed by atoms with Crippen molar-refractivity contribution < 1.29 is 19.1 Å². The molecule has 2 rings (SSSR count). The molecule has 2 N–H and O–H groups in total. The van der Waals surface area contributed by atoms with E-state index < -0.39 is 23.8 Å². The van der Waals surface area contributed by atoms with Crippen LogP contribution in [0, 0.1) is 6.92 Å². The van der Waals surface area contributed by atoms with E-state index in [4.69, 9.17) is 4.74 Å². The molecule has 0 fully saturated rings. The maximum atomic E-state index is 14.2. The van der Waals surface area contributed by atoms with E-state index in [-0.39, 0.29) is 11.8 Å². The summed E-state index contributed by atoms with van der Waals surface area (Å²) < 4.78 is 5.46. The molecule has 2 aromatic rings. The molecule has 214 valence electrons. The summed E-state index contributed by atoms with van der Waals surface area (Å²) in [5, 5.41) is 5.84. The third kappa shape index (κ3) is 11.3. The van der Waals surface area contributed by atoms with Crippen LogP contribution in [0.4, 0.5) is 4.79 Å². The van der Waals surface area contributed by atoms with E-state index in [1.807, 2.05) is 67.8 Å². The largest absolute Gasteiger partial charge is 0.444 e. The van der Waals surface area contributed by atoms with Crippen molar-refractivity contribution in [1.82, 2.24) is 15.5 Å². The Kier molecular flexibility index (Phi) is 13.4. The summed E-state index contributed by atoms with van der Waals surface area (Å²) in [6.07, 6.45) is 4.39. The predicted octanol–water partition coefficient (Wildman–Crippen LogP) is 6.02. The molecule has 8 heteroatoms. The average molecular weight is 556 g/mol. The number of hydrogen-bond donors (Lipinski definition) is 2. The molecule has 39 heavy (non-hydrogen) atoms. The Bertz CT molecular complexity index is 1040. The Balaban J connectivity index is 2.43. The molecule has 0 aliphatic rings. The lowest BCUT2D eigenvalue weighted by molar-refractivity contribution is -0.142. The molecule has 0 saturated heterocycles. The molecule has 2 unspecified atom stereocenters. The van der Waals surface area contributed by atoms with Crippen molar-refractivity contribution in [3.8, 4) is 0 Å². The number of alkyl carbamates (subject to hydrolysis) is 1. The number of rotatable bonds is 14. The van der Waals surface area contributed by atoms with Gasteiger partial charge in [-0.25, -0.2) is 4.79 Å². The summed E-state index contributed by atoms with van der Waals surface area (Å²) in [4.78, 5) is 42.3. The van der Waals surface area contributed by atoms with Gasteiger partial charge < -0.3 is 20.3 Å². The van der Waals surface area contributed by atoms with Crippen molar-refractivity contribution >= 4 is 29.7 Å². The molecule has 7 nitrogen and oxygen atoms in total. The number of hydrogen-bond acceptors (Lipinski definition) is 5. The fraction of sp³-hybridized carbons (Fsp3) is 0.516. The van der Waals surface area contributed by atoms with Gasteiger partial charge in [0, 0.05) is 13.1 Å². The summed E-state index contributed by atoms with van der Waals surface area (Å²) in [7, 11) is 0. The van der Waals surface area contributed by atoms with Gasteiger partial charge >= 0.3 is 6.09 Å². The summed E-state index contributed by atoms with van der Waals surface area (Å²) in [6.45, 7) is 10.2. The van der Waals surface area contributed by atoms with Gasteiger partial charge in [-0.15, -0.1) is 0 Å². The second-order valence-corrected chi connectivity index (χ2v) is 11.7. The summed E-state index contributed by atoms with van der Waals surface area (Å²) >= 11 is 1.60. The second kappa shape index (κ2) is 16.2. The van der Waals surface area contributed by atoms with Gasteiger partial charge in [0.25, 0.3) is 0 Å². The second-order valence-electron chi connectivity index (χ2n) is 10.7. The number of thioether (sulfide) groups is 1. The number of nitrogens with zero attached hydrogens (tertiary/aromatic N) is 1. The van der Waals surface area contributed by atoms with Crippen molar-refractivity contribution in [2.45, 2.75) is 84.5 Å². The molecule has 0 saturated carbocycles. The van der Waals surface area contributed by atoms with Gasteiger partial charge in [0.05, 0.1) is 0 Å². The topological polar surface area (TPSA) is 87.7 Å². The molecular weight excluding hydrogens is 510 g/mol. The number of unbranched alkanes of at least 4 members (excludes halogenated alkanes) is 2. The molecule has 3 amide bonds. The lowest BCUT2D eigenvalue weighted by Gasteiger charge is -2.34. The van der Waals surface area contributed by atoms with E-state index >= 15 is 0 Å². The standard InChI is InChI=1S/C31H45N3O4S/c1-7-8-12-20-34(29(36)26(19-21-39-6)33-30(37)38-31(3,4)5)27(25-17-15-23(2)16-18-25)28(35)32-22-24-13-10-9-11-14-24/h9-11,13-18,26-27H,7-8,12,19-22H2,1-6H3,(H,32,35)(H,33,37). The third-order valence-electron chi connectivity index (χ3n) is 6.15. The smallest absolute Gasteiger partial charge is 0.408 e. The van der Waals surface area contributed by atoms with Crippen LogP contribution < -0.4 is 10.6 Å². The van der Waals surface area contributed by atoms with Gasteiger partial charge in [-0.1, -0.05) is 79.9 Å². The predicted molar refractivity (Wildman–Crippen MR) is 160 cm³/mol. The van der Waals surface area contributed by atoms with Crippen LogP contribution in [-0.4, -0.2) is 53.0 Å². The minimum Gasteiger partial charge on any atom is -0.444 e. The number of carbonyl (C=O) groups excluding carboxylic acids is 3. The monoisotopic (exact) mass is 555 g/mol. The zero-order valence-corrected chi connectivity index (χ0v) is 25.1. The van der Waals surface area contributed by atoms with Crippen molar-refractivity contribution in [1.29, 1.82) is 0 Å². The molecule has 2 aromatic carbocycles.